The number of nitrogens with one attached hydrogen (secondary N) is 1. The van der Waals surface area contributed by atoms with Gasteiger partial charge in [-0.15, -0.1) is 0 Å². The second-order valence-electron chi connectivity index (χ2n) is 5.83. The van der Waals surface area contributed by atoms with Gasteiger partial charge in [0.1, 0.15) is 5.78 Å². The highest BCUT2D eigenvalue weighted by atomic mass is 16.5. The molecule has 9 heteroatoms. The molecule has 1 aliphatic rings. The lowest BCUT2D eigenvalue weighted by Gasteiger charge is -2.20. The summed E-state index contributed by atoms with van der Waals surface area (Å²) in [6.07, 6.45) is 3.38. The van der Waals surface area contributed by atoms with Gasteiger partial charge in [0.25, 0.3) is 0 Å². The molecular weight excluding hydrogens is 328 g/mol. The minimum Gasteiger partial charge on any atom is -0.379 e. The van der Waals surface area contributed by atoms with Crippen molar-refractivity contribution in [3.05, 3.63) is 10.4 Å². The van der Waals surface area contributed by atoms with Gasteiger partial charge in [-0.05, 0) is 24.3 Å². The highest BCUT2D eigenvalue weighted by Gasteiger charge is 2.20. The summed E-state index contributed by atoms with van der Waals surface area (Å²) in [6.45, 7) is 3.46. The van der Waals surface area contributed by atoms with E-state index in [9.17, 15) is 9.59 Å². The summed E-state index contributed by atoms with van der Waals surface area (Å²) < 4.78 is 15.9. The van der Waals surface area contributed by atoms with Crippen LogP contribution >= 0.6 is 0 Å². The van der Waals surface area contributed by atoms with Crippen molar-refractivity contribution in [2.75, 3.05) is 52.7 Å². The second kappa shape index (κ2) is 14.7. The molecule has 0 aromatic carbocycles. The minimum absolute atomic E-state index is 0.0251. The number of amides is 1. The summed E-state index contributed by atoms with van der Waals surface area (Å²) in [6, 6.07) is 0. The lowest BCUT2D eigenvalue weighted by atomic mass is 9.86. The molecule has 0 aromatic rings. The lowest BCUT2D eigenvalue weighted by molar-refractivity contribution is -0.125. The smallest absolute Gasteiger partial charge is 0.220 e. The highest BCUT2D eigenvalue weighted by Crippen LogP contribution is 2.24. The van der Waals surface area contributed by atoms with Crippen LogP contribution in [-0.2, 0) is 23.8 Å². The second-order valence-corrected chi connectivity index (χ2v) is 5.83. The van der Waals surface area contributed by atoms with Crippen LogP contribution in [0.2, 0.25) is 0 Å². The number of nitrogens with zero attached hydrogens (tertiary/aromatic N) is 3. The Morgan fingerprint density at radius 2 is 1.68 bits per heavy atom. The summed E-state index contributed by atoms with van der Waals surface area (Å²) in [5.74, 6) is 0.671. The number of hydrogen-bond donors (Lipinski definition) is 1. The van der Waals surface area contributed by atoms with Crippen LogP contribution in [0.3, 0.4) is 0 Å². The Morgan fingerprint density at radius 1 is 1.08 bits per heavy atom. The van der Waals surface area contributed by atoms with Crippen molar-refractivity contribution in [1.82, 2.24) is 5.32 Å². The number of azide groups is 1. The first kappa shape index (κ1) is 21.4. The maximum atomic E-state index is 11.8. The van der Waals surface area contributed by atoms with Crippen molar-refractivity contribution < 1.29 is 23.8 Å². The van der Waals surface area contributed by atoms with E-state index in [2.05, 4.69) is 15.3 Å². The number of ketones is 1. The normalized spacial score (nSPS) is 15.0. The molecule has 0 aromatic heterocycles. The average molecular weight is 356 g/mol. The molecule has 1 aliphatic carbocycles. The van der Waals surface area contributed by atoms with Crippen LogP contribution in [0, 0.1) is 5.92 Å². The van der Waals surface area contributed by atoms with Crippen molar-refractivity contribution >= 4 is 11.7 Å². The Balaban J connectivity index is 1.81. The first-order valence-electron chi connectivity index (χ1n) is 8.75. The van der Waals surface area contributed by atoms with E-state index in [1.54, 1.807) is 0 Å². The number of carbonyl (C=O) groups excluding carboxylic acids is 2. The molecule has 1 rings (SSSR count). The fraction of sp³-hybridized carbons (Fsp3) is 0.875. The van der Waals surface area contributed by atoms with Crippen LogP contribution in [0.4, 0.5) is 0 Å². The molecule has 142 valence electrons. The molecule has 0 saturated heterocycles. The van der Waals surface area contributed by atoms with E-state index in [1.807, 2.05) is 0 Å². The Hall–Kier alpha value is -1.67. The highest BCUT2D eigenvalue weighted by molar-refractivity contribution is 5.80. The molecule has 1 N–H and O–H groups in total. The van der Waals surface area contributed by atoms with E-state index in [1.165, 1.54) is 0 Å². The van der Waals surface area contributed by atoms with Gasteiger partial charge in [-0.3, -0.25) is 9.59 Å². The monoisotopic (exact) mass is 356 g/mol. The standard InChI is InChI=1S/C16H28N4O5/c17-20-19-6-8-24-10-12-25-11-9-23-7-5-18-16(22)13-14-1-3-15(21)4-2-14/h14H,1-13H2,(H,18,22). The fourth-order valence-corrected chi connectivity index (χ4v) is 2.49. The number of carbonyl (C=O) groups is 2. The van der Waals surface area contributed by atoms with E-state index in [-0.39, 0.29) is 5.91 Å². The van der Waals surface area contributed by atoms with Gasteiger partial charge in [-0.1, -0.05) is 5.11 Å². The summed E-state index contributed by atoms with van der Waals surface area (Å²) >= 11 is 0. The SMILES string of the molecule is [N-]=[N+]=NCCOCCOCCOCCNC(=O)CC1CCC(=O)CC1. The van der Waals surface area contributed by atoms with Crippen LogP contribution in [0.1, 0.15) is 32.1 Å². The zero-order valence-electron chi connectivity index (χ0n) is 14.7. The van der Waals surface area contributed by atoms with Crippen LogP contribution in [0.5, 0.6) is 0 Å². The molecule has 25 heavy (non-hydrogen) atoms. The minimum atomic E-state index is 0.0251. The molecular formula is C16H28N4O5. The van der Waals surface area contributed by atoms with Crippen molar-refractivity contribution in [1.29, 1.82) is 0 Å². The van der Waals surface area contributed by atoms with Gasteiger partial charge in [-0.2, -0.15) is 0 Å². The van der Waals surface area contributed by atoms with Gasteiger partial charge in [0.2, 0.25) is 5.91 Å². The topological polar surface area (TPSA) is 123 Å². The largest absolute Gasteiger partial charge is 0.379 e. The Kier molecular flexibility index (Phi) is 12.5. The van der Waals surface area contributed by atoms with Gasteiger partial charge < -0.3 is 19.5 Å². The zero-order chi connectivity index (χ0) is 18.2. The van der Waals surface area contributed by atoms with Gasteiger partial charge in [0, 0.05) is 37.3 Å². The van der Waals surface area contributed by atoms with E-state index < -0.39 is 0 Å². The predicted molar refractivity (Wildman–Crippen MR) is 91.1 cm³/mol. The van der Waals surface area contributed by atoms with Crippen LogP contribution in [0.25, 0.3) is 10.4 Å². The Bertz CT molecular complexity index is 430. The number of Topliss-reactive ketones (excluding diaryl/α,β-unsaturated/α-hetero) is 1. The van der Waals surface area contributed by atoms with Crippen molar-refractivity contribution in [3.8, 4) is 0 Å². The van der Waals surface area contributed by atoms with E-state index >= 15 is 0 Å². The molecule has 0 aliphatic heterocycles. The van der Waals surface area contributed by atoms with Crippen molar-refractivity contribution in [2.45, 2.75) is 32.1 Å². The van der Waals surface area contributed by atoms with Gasteiger partial charge in [-0.25, -0.2) is 0 Å². The molecule has 0 unspecified atom stereocenters. The molecule has 0 heterocycles. The molecule has 0 spiro atoms. The first-order valence-corrected chi connectivity index (χ1v) is 8.75. The van der Waals surface area contributed by atoms with E-state index in [0.29, 0.717) is 83.7 Å². The summed E-state index contributed by atoms with van der Waals surface area (Å²) in [5, 5.41) is 6.18. The molecule has 1 saturated carbocycles. The third-order valence-electron chi connectivity index (χ3n) is 3.85. The van der Waals surface area contributed by atoms with E-state index in [4.69, 9.17) is 19.7 Å². The predicted octanol–water partition coefficient (Wildman–Crippen LogP) is 1.61. The summed E-state index contributed by atoms with van der Waals surface area (Å²) in [7, 11) is 0. The van der Waals surface area contributed by atoms with E-state index in [0.717, 1.165) is 12.8 Å². The van der Waals surface area contributed by atoms with Crippen LogP contribution in [0.15, 0.2) is 5.11 Å². The third-order valence-corrected chi connectivity index (χ3v) is 3.85. The van der Waals surface area contributed by atoms with Crippen LogP contribution < -0.4 is 5.32 Å². The number of rotatable bonds is 14. The van der Waals surface area contributed by atoms with Crippen molar-refractivity contribution in [2.24, 2.45) is 11.0 Å². The number of ether oxygens (including phenoxy) is 3. The Labute approximate surface area is 148 Å². The molecule has 0 radical (unpaired) electrons. The fourth-order valence-electron chi connectivity index (χ4n) is 2.49. The number of hydrogen-bond acceptors (Lipinski definition) is 6. The molecule has 0 atom stereocenters. The van der Waals surface area contributed by atoms with Crippen molar-refractivity contribution in [3.63, 3.8) is 0 Å². The maximum absolute atomic E-state index is 11.8. The zero-order valence-corrected chi connectivity index (χ0v) is 14.7. The molecule has 9 nitrogen and oxygen atoms in total. The van der Waals surface area contributed by atoms with Gasteiger partial charge in [0.15, 0.2) is 0 Å². The quantitative estimate of drug-likeness (QED) is 0.219. The summed E-state index contributed by atoms with van der Waals surface area (Å²) in [4.78, 5) is 25.6. The van der Waals surface area contributed by atoms with Gasteiger partial charge in [0.05, 0.1) is 39.6 Å². The molecule has 0 bridgehead atoms. The van der Waals surface area contributed by atoms with Crippen LogP contribution in [-0.4, -0.2) is 64.4 Å². The third kappa shape index (κ3) is 12.4. The molecule has 1 amide bonds. The average Bonchev–Trinajstić information content (AvgIpc) is 2.61. The first-order chi connectivity index (χ1) is 12.2. The lowest BCUT2D eigenvalue weighted by Crippen LogP contribution is -2.30. The Morgan fingerprint density at radius 3 is 2.32 bits per heavy atom. The maximum Gasteiger partial charge on any atom is 0.220 e. The summed E-state index contributed by atoms with van der Waals surface area (Å²) in [5.41, 5.74) is 8.07. The van der Waals surface area contributed by atoms with Gasteiger partial charge >= 0.3 is 0 Å². The molecule has 1 fully saturated rings.